The Morgan fingerprint density at radius 2 is 1.93 bits per heavy atom. The highest BCUT2D eigenvalue weighted by atomic mass is 16.3. The molecule has 0 aliphatic rings. The molecule has 0 aliphatic carbocycles. The molecule has 1 aromatic rings. The fourth-order valence-electron chi connectivity index (χ4n) is 1.53. The maximum Gasteiger partial charge on any atom is 0.102 e. The van der Waals surface area contributed by atoms with E-state index in [-0.39, 0.29) is 6.04 Å². The van der Waals surface area contributed by atoms with Gasteiger partial charge in [0.05, 0.1) is 0 Å². The van der Waals surface area contributed by atoms with Crippen molar-refractivity contribution in [3.63, 3.8) is 0 Å². The molecule has 78 valence electrons. The number of likely N-dealkylation sites (N-methyl/N-ethyl adjacent to an activating group) is 1. The van der Waals surface area contributed by atoms with Gasteiger partial charge in [0.15, 0.2) is 0 Å². The standard InChI is InChI=1S/C12H19NO/c1-4-13-10(2)12(3,14)11-8-6-5-7-9-11/h5-10,13-14H,4H2,1-3H3. The lowest BCUT2D eigenvalue weighted by Gasteiger charge is -2.31. The van der Waals surface area contributed by atoms with Crippen molar-refractivity contribution in [2.45, 2.75) is 32.4 Å². The van der Waals surface area contributed by atoms with E-state index in [1.807, 2.05) is 51.1 Å². The predicted octanol–water partition coefficient (Wildman–Crippen LogP) is 1.89. The molecule has 2 heteroatoms. The zero-order valence-electron chi connectivity index (χ0n) is 9.12. The first-order valence-electron chi connectivity index (χ1n) is 5.10. The molecule has 0 bridgehead atoms. The molecule has 2 atom stereocenters. The van der Waals surface area contributed by atoms with Crippen LogP contribution in [0.15, 0.2) is 30.3 Å². The van der Waals surface area contributed by atoms with E-state index in [2.05, 4.69) is 5.32 Å². The van der Waals surface area contributed by atoms with Gasteiger partial charge in [-0.25, -0.2) is 0 Å². The molecule has 2 unspecified atom stereocenters. The monoisotopic (exact) mass is 193 g/mol. The van der Waals surface area contributed by atoms with Gasteiger partial charge in [-0.05, 0) is 26.0 Å². The summed E-state index contributed by atoms with van der Waals surface area (Å²) in [7, 11) is 0. The van der Waals surface area contributed by atoms with E-state index in [0.717, 1.165) is 12.1 Å². The maximum absolute atomic E-state index is 10.3. The van der Waals surface area contributed by atoms with Crippen LogP contribution in [0.5, 0.6) is 0 Å². The minimum atomic E-state index is -0.808. The van der Waals surface area contributed by atoms with Gasteiger partial charge >= 0.3 is 0 Å². The molecule has 2 N–H and O–H groups in total. The minimum absolute atomic E-state index is 0.0508. The van der Waals surface area contributed by atoms with Crippen molar-refractivity contribution in [3.05, 3.63) is 35.9 Å². The third-order valence-electron chi connectivity index (χ3n) is 2.71. The summed E-state index contributed by atoms with van der Waals surface area (Å²) >= 11 is 0. The van der Waals surface area contributed by atoms with Crippen LogP contribution in [0.4, 0.5) is 0 Å². The zero-order chi connectivity index (χ0) is 10.6. The second-order valence-electron chi connectivity index (χ2n) is 3.79. The highest BCUT2D eigenvalue weighted by Crippen LogP contribution is 2.23. The van der Waals surface area contributed by atoms with Crippen LogP contribution in [0, 0.1) is 0 Å². The highest BCUT2D eigenvalue weighted by molar-refractivity contribution is 5.23. The van der Waals surface area contributed by atoms with Gasteiger partial charge in [0.1, 0.15) is 5.60 Å². The molecule has 0 aromatic heterocycles. The lowest BCUT2D eigenvalue weighted by atomic mass is 9.89. The highest BCUT2D eigenvalue weighted by Gasteiger charge is 2.29. The first kappa shape index (κ1) is 11.2. The summed E-state index contributed by atoms with van der Waals surface area (Å²) in [6, 6.07) is 9.80. The summed E-state index contributed by atoms with van der Waals surface area (Å²) < 4.78 is 0. The van der Waals surface area contributed by atoms with E-state index < -0.39 is 5.60 Å². The average molecular weight is 193 g/mol. The van der Waals surface area contributed by atoms with Gasteiger partial charge in [0.2, 0.25) is 0 Å². The summed E-state index contributed by atoms with van der Waals surface area (Å²) in [5.41, 5.74) is 0.144. The number of rotatable bonds is 4. The van der Waals surface area contributed by atoms with E-state index in [1.54, 1.807) is 0 Å². The summed E-state index contributed by atoms with van der Waals surface area (Å²) in [5.74, 6) is 0. The average Bonchev–Trinajstić information content (AvgIpc) is 2.19. The number of benzene rings is 1. The van der Waals surface area contributed by atoms with Gasteiger partial charge in [-0.1, -0.05) is 37.3 Å². The first-order valence-corrected chi connectivity index (χ1v) is 5.10. The van der Waals surface area contributed by atoms with Crippen molar-refractivity contribution in [2.75, 3.05) is 6.54 Å². The number of hydrogen-bond donors (Lipinski definition) is 2. The minimum Gasteiger partial charge on any atom is -0.384 e. The smallest absolute Gasteiger partial charge is 0.102 e. The van der Waals surface area contributed by atoms with Crippen molar-refractivity contribution in [2.24, 2.45) is 0 Å². The van der Waals surface area contributed by atoms with Crippen LogP contribution in [0.3, 0.4) is 0 Å². The topological polar surface area (TPSA) is 32.3 Å². The lowest BCUT2D eigenvalue weighted by molar-refractivity contribution is 0.0221. The molecule has 0 spiro atoms. The van der Waals surface area contributed by atoms with Gasteiger partial charge in [-0.2, -0.15) is 0 Å². The quantitative estimate of drug-likeness (QED) is 0.765. The van der Waals surface area contributed by atoms with Crippen molar-refractivity contribution < 1.29 is 5.11 Å². The molecule has 0 amide bonds. The predicted molar refractivity (Wildman–Crippen MR) is 59.2 cm³/mol. The molecule has 0 saturated heterocycles. The van der Waals surface area contributed by atoms with Crippen LogP contribution in [0.2, 0.25) is 0 Å². The van der Waals surface area contributed by atoms with Crippen LogP contribution in [0.1, 0.15) is 26.3 Å². The van der Waals surface area contributed by atoms with Crippen LogP contribution in [-0.4, -0.2) is 17.7 Å². The van der Waals surface area contributed by atoms with Gasteiger partial charge in [0.25, 0.3) is 0 Å². The van der Waals surface area contributed by atoms with E-state index in [4.69, 9.17) is 0 Å². The van der Waals surface area contributed by atoms with Crippen LogP contribution in [0.25, 0.3) is 0 Å². The van der Waals surface area contributed by atoms with Gasteiger partial charge in [-0.3, -0.25) is 0 Å². The maximum atomic E-state index is 10.3. The largest absolute Gasteiger partial charge is 0.384 e. The molecule has 0 heterocycles. The summed E-state index contributed by atoms with van der Waals surface area (Å²) in [6.45, 7) is 6.74. The van der Waals surface area contributed by atoms with Crippen molar-refractivity contribution >= 4 is 0 Å². The number of hydrogen-bond acceptors (Lipinski definition) is 2. The van der Waals surface area contributed by atoms with E-state index in [9.17, 15) is 5.11 Å². The number of aliphatic hydroxyl groups is 1. The van der Waals surface area contributed by atoms with E-state index in [0.29, 0.717) is 0 Å². The Kier molecular flexibility index (Phi) is 3.67. The van der Waals surface area contributed by atoms with Crippen LogP contribution >= 0.6 is 0 Å². The molecule has 1 rings (SSSR count). The summed E-state index contributed by atoms with van der Waals surface area (Å²) in [4.78, 5) is 0. The van der Waals surface area contributed by atoms with Gasteiger partial charge in [-0.15, -0.1) is 0 Å². The van der Waals surface area contributed by atoms with Gasteiger partial charge in [0, 0.05) is 6.04 Å². The molecule has 0 radical (unpaired) electrons. The molecule has 1 aromatic carbocycles. The Morgan fingerprint density at radius 1 is 1.36 bits per heavy atom. The molecule has 0 fully saturated rings. The third kappa shape index (κ3) is 2.34. The fraction of sp³-hybridized carbons (Fsp3) is 0.500. The Labute approximate surface area is 86.0 Å². The zero-order valence-corrected chi connectivity index (χ0v) is 9.12. The van der Waals surface area contributed by atoms with Crippen molar-refractivity contribution in [1.82, 2.24) is 5.32 Å². The van der Waals surface area contributed by atoms with E-state index >= 15 is 0 Å². The molecule has 0 saturated carbocycles. The second kappa shape index (κ2) is 4.58. The Morgan fingerprint density at radius 3 is 2.43 bits per heavy atom. The van der Waals surface area contributed by atoms with Crippen LogP contribution < -0.4 is 5.32 Å². The Bertz CT molecular complexity index is 269. The molecular weight excluding hydrogens is 174 g/mol. The molecular formula is C12H19NO. The fourth-order valence-corrected chi connectivity index (χ4v) is 1.53. The summed E-state index contributed by atoms with van der Waals surface area (Å²) in [6.07, 6.45) is 0. The normalized spacial score (nSPS) is 17.4. The van der Waals surface area contributed by atoms with Crippen molar-refractivity contribution in [1.29, 1.82) is 0 Å². The Balaban J connectivity index is 2.84. The van der Waals surface area contributed by atoms with Crippen LogP contribution in [-0.2, 0) is 5.60 Å². The second-order valence-corrected chi connectivity index (χ2v) is 3.79. The van der Waals surface area contributed by atoms with E-state index in [1.165, 1.54) is 0 Å². The Hall–Kier alpha value is -0.860. The molecule has 2 nitrogen and oxygen atoms in total. The van der Waals surface area contributed by atoms with Gasteiger partial charge < -0.3 is 10.4 Å². The molecule has 14 heavy (non-hydrogen) atoms. The lowest BCUT2D eigenvalue weighted by Crippen LogP contribution is -2.44. The van der Waals surface area contributed by atoms with Crippen molar-refractivity contribution in [3.8, 4) is 0 Å². The third-order valence-corrected chi connectivity index (χ3v) is 2.71. The first-order chi connectivity index (χ1) is 6.59. The SMILES string of the molecule is CCNC(C)C(C)(O)c1ccccc1. The molecule has 0 aliphatic heterocycles. The summed E-state index contributed by atoms with van der Waals surface area (Å²) in [5, 5.41) is 13.6. The number of nitrogens with one attached hydrogen (secondary N) is 1.